The molecule has 2 aromatic rings. The predicted octanol–water partition coefficient (Wildman–Crippen LogP) is 4.79. The van der Waals surface area contributed by atoms with E-state index in [9.17, 15) is 45.5 Å². The van der Waals surface area contributed by atoms with Crippen LogP contribution < -0.4 is 5.32 Å². The van der Waals surface area contributed by atoms with E-state index in [0.717, 1.165) is 15.4 Å². The van der Waals surface area contributed by atoms with E-state index < -0.39 is 71.7 Å². The van der Waals surface area contributed by atoms with Crippen molar-refractivity contribution in [1.82, 2.24) is 20.0 Å². The monoisotopic (exact) mass is 642 g/mol. The van der Waals surface area contributed by atoms with Crippen molar-refractivity contribution in [1.29, 1.82) is 0 Å². The summed E-state index contributed by atoms with van der Waals surface area (Å²) in [6, 6.07) is 8.47. The molecule has 0 radical (unpaired) electrons. The lowest BCUT2D eigenvalue weighted by atomic mass is 10.00. The second-order valence-corrected chi connectivity index (χ2v) is 11.3. The van der Waals surface area contributed by atoms with Crippen molar-refractivity contribution in [3.05, 3.63) is 70.8 Å². The van der Waals surface area contributed by atoms with Gasteiger partial charge in [0, 0.05) is 26.1 Å². The van der Waals surface area contributed by atoms with Gasteiger partial charge in [0.2, 0.25) is 17.7 Å². The van der Waals surface area contributed by atoms with Crippen LogP contribution in [0.15, 0.2) is 48.5 Å². The second kappa shape index (κ2) is 13.4. The Balaban J connectivity index is 1.59. The van der Waals surface area contributed by atoms with Gasteiger partial charge in [-0.25, -0.2) is 4.79 Å². The first-order valence-electron chi connectivity index (χ1n) is 14.2. The molecule has 2 aliphatic rings. The minimum atomic E-state index is -5.08. The summed E-state index contributed by atoms with van der Waals surface area (Å²) in [7, 11) is 0. The zero-order chi connectivity index (χ0) is 33.1. The molecular weight excluding hydrogens is 610 g/mol. The number of hydrogen-bond acceptors (Lipinski definition) is 5. The first-order valence-corrected chi connectivity index (χ1v) is 14.2. The van der Waals surface area contributed by atoms with Crippen LogP contribution in [-0.4, -0.2) is 70.4 Å². The number of halogens is 6. The highest BCUT2D eigenvalue weighted by atomic mass is 19.4. The van der Waals surface area contributed by atoms with E-state index in [1.807, 2.05) is 13.8 Å². The molecule has 0 spiro atoms. The van der Waals surface area contributed by atoms with Crippen LogP contribution in [0.1, 0.15) is 48.9 Å². The Morgan fingerprint density at radius 2 is 1.58 bits per heavy atom. The molecule has 0 saturated carbocycles. The van der Waals surface area contributed by atoms with Crippen LogP contribution >= 0.6 is 0 Å². The molecule has 2 heterocycles. The molecule has 2 aliphatic heterocycles. The van der Waals surface area contributed by atoms with Gasteiger partial charge in [0.1, 0.15) is 18.8 Å². The maximum Gasteiger partial charge on any atom is 0.416 e. The van der Waals surface area contributed by atoms with Gasteiger partial charge in [0.05, 0.1) is 24.1 Å². The van der Waals surface area contributed by atoms with E-state index in [-0.39, 0.29) is 44.5 Å². The first kappa shape index (κ1) is 33.6. The third kappa shape index (κ3) is 8.25. The van der Waals surface area contributed by atoms with Crippen molar-refractivity contribution >= 4 is 23.8 Å². The van der Waals surface area contributed by atoms with Crippen LogP contribution in [0.4, 0.5) is 31.1 Å². The smallest absolute Gasteiger partial charge is 0.416 e. The Morgan fingerprint density at radius 1 is 0.956 bits per heavy atom. The Kier molecular flexibility index (Phi) is 9.98. The van der Waals surface area contributed by atoms with Gasteiger partial charge in [-0.1, -0.05) is 44.2 Å². The van der Waals surface area contributed by atoms with E-state index in [0.29, 0.717) is 18.7 Å². The fraction of sp³-hybridized carbons (Fsp3) is 0.467. The number of hydrogen-bond donors (Lipinski definition) is 1. The first-order chi connectivity index (χ1) is 21.0. The zero-order valence-electron chi connectivity index (χ0n) is 24.5. The molecule has 0 bridgehead atoms. The molecule has 15 heteroatoms. The van der Waals surface area contributed by atoms with Gasteiger partial charge < -0.3 is 19.9 Å². The van der Waals surface area contributed by atoms with Crippen molar-refractivity contribution in [2.24, 2.45) is 5.92 Å². The molecule has 4 rings (SSSR count). The molecule has 2 aromatic carbocycles. The van der Waals surface area contributed by atoms with Crippen molar-refractivity contribution in [3.63, 3.8) is 0 Å². The topological polar surface area (TPSA) is 99.3 Å². The van der Waals surface area contributed by atoms with Gasteiger partial charge >= 0.3 is 18.4 Å². The number of fused-ring (bicyclic) bond motifs is 1. The third-order valence-corrected chi connectivity index (χ3v) is 7.40. The minimum absolute atomic E-state index is 0.0305. The lowest BCUT2D eigenvalue weighted by molar-refractivity contribution is -0.169. The molecular formula is C30H32F6N4O5. The average Bonchev–Trinajstić information content (AvgIpc) is 2.96. The van der Waals surface area contributed by atoms with E-state index in [4.69, 9.17) is 4.74 Å². The van der Waals surface area contributed by atoms with Crippen LogP contribution in [0.25, 0.3) is 0 Å². The van der Waals surface area contributed by atoms with Crippen LogP contribution in [-0.2, 0) is 44.6 Å². The number of amides is 4. The summed E-state index contributed by atoms with van der Waals surface area (Å²) in [5.74, 6) is -1.38. The molecule has 2 saturated heterocycles. The molecule has 244 valence electrons. The largest absolute Gasteiger partial charge is 0.444 e. The number of carbonyl (C=O) groups is 4. The normalized spacial score (nSPS) is 19.1. The fourth-order valence-electron chi connectivity index (χ4n) is 5.24. The van der Waals surface area contributed by atoms with Crippen LogP contribution in [0.5, 0.6) is 0 Å². The third-order valence-electron chi connectivity index (χ3n) is 7.40. The number of alkyl halides is 6. The summed E-state index contributed by atoms with van der Waals surface area (Å²) in [6.45, 7) is 2.91. The van der Waals surface area contributed by atoms with Crippen molar-refractivity contribution in [2.75, 3.05) is 19.6 Å². The van der Waals surface area contributed by atoms with Gasteiger partial charge in [0.15, 0.2) is 0 Å². The lowest BCUT2D eigenvalue weighted by Crippen LogP contribution is -2.71. The number of rotatable bonds is 8. The molecule has 0 aliphatic carbocycles. The summed E-state index contributed by atoms with van der Waals surface area (Å²) >= 11 is 0. The standard InChI is InChI=1S/C30H32F6N4O5/c1-18(2)14-37-24(41)13-23-27(43)38(15-19-6-4-3-5-7-19)16-25-39(9-8-26(42)40(23)25)28(44)45-17-20-10-21(29(31,32)33)12-22(11-20)30(34,35)36/h3-7,10-12,18,23,25H,8-9,13-17H2,1-2H3,(H,37,41)/t23-,25+/m0/s1. The molecule has 2 atom stereocenters. The zero-order valence-corrected chi connectivity index (χ0v) is 24.5. The predicted molar refractivity (Wildman–Crippen MR) is 147 cm³/mol. The highest BCUT2D eigenvalue weighted by Crippen LogP contribution is 2.37. The SMILES string of the molecule is CC(C)CNC(=O)C[C@H]1C(=O)N(Cc2ccccc2)C[C@@H]2N(C(=O)OCc3cc(C(F)(F)F)cc(C(F)(F)F)c3)CCC(=O)N21. The van der Waals surface area contributed by atoms with Gasteiger partial charge in [-0.2, -0.15) is 26.3 Å². The van der Waals surface area contributed by atoms with Crippen LogP contribution in [0.2, 0.25) is 0 Å². The maximum absolute atomic E-state index is 13.7. The Hall–Kier alpha value is -4.30. The number of nitrogens with zero attached hydrogens (tertiary/aromatic N) is 3. The number of carbonyl (C=O) groups excluding carboxylic acids is 4. The summed E-state index contributed by atoms with van der Waals surface area (Å²) in [5, 5.41) is 2.71. The highest BCUT2D eigenvalue weighted by molar-refractivity contribution is 5.94. The van der Waals surface area contributed by atoms with E-state index in [2.05, 4.69) is 5.32 Å². The van der Waals surface area contributed by atoms with Gasteiger partial charge in [-0.15, -0.1) is 0 Å². The van der Waals surface area contributed by atoms with Crippen LogP contribution in [0, 0.1) is 5.92 Å². The molecule has 45 heavy (non-hydrogen) atoms. The molecule has 9 nitrogen and oxygen atoms in total. The molecule has 0 aromatic heterocycles. The molecule has 2 fully saturated rings. The minimum Gasteiger partial charge on any atom is -0.444 e. The molecule has 1 N–H and O–H groups in total. The second-order valence-electron chi connectivity index (χ2n) is 11.3. The number of benzene rings is 2. The summed E-state index contributed by atoms with van der Waals surface area (Å²) < 4.78 is 85.0. The number of nitrogens with one attached hydrogen (secondary N) is 1. The molecule has 0 unspecified atom stereocenters. The number of piperazine rings is 1. The Labute approximate surface area is 255 Å². The average molecular weight is 643 g/mol. The fourth-order valence-corrected chi connectivity index (χ4v) is 5.24. The van der Waals surface area contributed by atoms with E-state index in [1.165, 1.54) is 4.90 Å². The van der Waals surface area contributed by atoms with Crippen molar-refractivity contribution < 1.29 is 50.3 Å². The quantitative estimate of drug-likeness (QED) is 0.418. The lowest BCUT2D eigenvalue weighted by Gasteiger charge is -2.51. The maximum atomic E-state index is 13.7. The van der Waals surface area contributed by atoms with Crippen molar-refractivity contribution in [2.45, 2.75) is 64.4 Å². The summed E-state index contributed by atoms with van der Waals surface area (Å²) in [4.78, 5) is 56.5. The van der Waals surface area contributed by atoms with Gasteiger partial charge in [-0.3, -0.25) is 19.3 Å². The van der Waals surface area contributed by atoms with Crippen molar-refractivity contribution in [3.8, 4) is 0 Å². The summed E-state index contributed by atoms with van der Waals surface area (Å²) in [5.41, 5.74) is -2.92. The van der Waals surface area contributed by atoms with E-state index in [1.54, 1.807) is 30.3 Å². The summed E-state index contributed by atoms with van der Waals surface area (Å²) in [6.07, 6.45) is -13.0. The molecule has 4 amide bonds. The van der Waals surface area contributed by atoms with Gasteiger partial charge in [0.25, 0.3) is 0 Å². The van der Waals surface area contributed by atoms with Crippen LogP contribution in [0.3, 0.4) is 0 Å². The number of ether oxygens (including phenoxy) is 1. The highest BCUT2D eigenvalue weighted by Gasteiger charge is 2.49. The Morgan fingerprint density at radius 3 is 2.16 bits per heavy atom. The van der Waals surface area contributed by atoms with Gasteiger partial charge in [-0.05, 0) is 35.2 Å². The van der Waals surface area contributed by atoms with E-state index >= 15 is 0 Å². The Bertz CT molecular complexity index is 1380.